The van der Waals surface area contributed by atoms with E-state index in [1.807, 2.05) is 66.7 Å². The van der Waals surface area contributed by atoms with Crippen LogP contribution >= 0.6 is 0 Å². The van der Waals surface area contributed by atoms with Crippen LogP contribution in [-0.2, 0) is 0 Å². The van der Waals surface area contributed by atoms with Crippen LogP contribution < -0.4 is 0 Å². The summed E-state index contributed by atoms with van der Waals surface area (Å²) in [4.78, 5) is 9.26. The fourth-order valence-electron chi connectivity index (χ4n) is 3.01. The summed E-state index contributed by atoms with van der Waals surface area (Å²) >= 11 is 0. The average Bonchev–Trinajstić information content (AvgIpc) is 2.80. The van der Waals surface area contributed by atoms with Crippen LogP contribution in [0.5, 0.6) is 0 Å². The summed E-state index contributed by atoms with van der Waals surface area (Å²) in [6.07, 6.45) is 0. The first-order valence-corrected chi connectivity index (χ1v) is 8.83. The fourth-order valence-corrected chi connectivity index (χ4v) is 3.01. The van der Waals surface area contributed by atoms with E-state index in [-0.39, 0.29) is 11.1 Å². The maximum absolute atomic E-state index is 14.2. The highest BCUT2D eigenvalue weighted by atomic mass is 19.1. The number of benzene rings is 3. The zero-order valence-electron chi connectivity index (χ0n) is 15.2. The minimum absolute atomic E-state index is 0.214. The van der Waals surface area contributed by atoms with Crippen LogP contribution in [-0.4, -0.2) is 9.97 Å². The maximum atomic E-state index is 14.2. The molecule has 136 valence electrons. The van der Waals surface area contributed by atoms with E-state index in [0.717, 1.165) is 11.1 Å². The third-order valence-corrected chi connectivity index (χ3v) is 4.44. The highest BCUT2D eigenvalue weighted by Crippen LogP contribution is 2.29. The lowest BCUT2D eigenvalue weighted by atomic mass is 10.0. The fraction of sp³-hybridized carbons (Fsp3) is 0. The van der Waals surface area contributed by atoms with Gasteiger partial charge in [-0.25, -0.2) is 14.4 Å². The number of nitriles is 2. The minimum Gasteiger partial charge on any atom is -0.228 e. The van der Waals surface area contributed by atoms with Crippen LogP contribution in [0, 0.1) is 28.5 Å². The molecule has 0 radical (unpaired) electrons. The molecule has 0 unspecified atom stereocenters. The van der Waals surface area contributed by atoms with E-state index >= 15 is 0 Å². The number of aromatic nitrogens is 2. The minimum atomic E-state index is -0.832. The molecular formula is C24H13FN4. The summed E-state index contributed by atoms with van der Waals surface area (Å²) in [5, 5.41) is 18.5. The van der Waals surface area contributed by atoms with Crippen LogP contribution in [0.25, 0.3) is 33.9 Å². The molecule has 4 rings (SSSR count). The second-order valence-corrected chi connectivity index (χ2v) is 6.30. The van der Waals surface area contributed by atoms with Crippen LogP contribution in [0.4, 0.5) is 4.39 Å². The number of hydrogen-bond acceptors (Lipinski definition) is 4. The van der Waals surface area contributed by atoms with Crippen molar-refractivity contribution < 1.29 is 4.39 Å². The van der Waals surface area contributed by atoms with Gasteiger partial charge in [-0.3, -0.25) is 0 Å². The Morgan fingerprint density at radius 2 is 1.07 bits per heavy atom. The van der Waals surface area contributed by atoms with E-state index in [9.17, 15) is 14.9 Å². The summed E-state index contributed by atoms with van der Waals surface area (Å²) < 4.78 is 14.2. The summed E-state index contributed by atoms with van der Waals surface area (Å²) in [5.74, 6) is -0.514. The normalized spacial score (nSPS) is 10.2. The van der Waals surface area contributed by atoms with Crippen molar-refractivity contribution in [3.63, 3.8) is 0 Å². The molecule has 0 bridgehead atoms. The van der Waals surface area contributed by atoms with Gasteiger partial charge in [0, 0.05) is 16.7 Å². The molecule has 0 N–H and O–H groups in total. The average molecular weight is 376 g/mol. The monoisotopic (exact) mass is 376 g/mol. The third kappa shape index (κ3) is 3.58. The Labute approximate surface area is 167 Å². The molecule has 0 amide bonds. The van der Waals surface area contributed by atoms with Crippen molar-refractivity contribution in [3.05, 3.63) is 95.8 Å². The van der Waals surface area contributed by atoms with Gasteiger partial charge < -0.3 is 0 Å². The van der Waals surface area contributed by atoms with Gasteiger partial charge in [-0.1, -0.05) is 60.7 Å². The number of hydrogen-bond donors (Lipinski definition) is 0. The SMILES string of the molecule is N#Cc1cc(-c2nc(-c3ccccc3)cc(-c3ccccc3)n2)cc(C#N)c1F. The molecule has 0 atom stereocenters. The van der Waals surface area contributed by atoms with Crippen LogP contribution in [0.15, 0.2) is 78.9 Å². The number of halogens is 1. The lowest BCUT2D eigenvalue weighted by Crippen LogP contribution is -1.98. The van der Waals surface area contributed by atoms with E-state index < -0.39 is 5.82 Å². The quantitative estimate of drug-likeness (QED) is 0.482. The van der Waals surface area contributed by atoms with Gasteiger partial charge in [0.25, 0.3) is 0 Å². The molecule has 4 aromatic rings. The van der Waals surface area contributed by atoms with E-state index in [1.54, 1.807) is 12.1 Å². The summed E-state index contributed by atoms with van der Waals surface area (Å²) in [6.45, 7) is 0. The molecule has 1 heterocycles. The second-order valence-electron chi connectivity index (χ2n) is 6.30. The van der Waals surface area contributed by atoms with Gasteiger partial charge in [0.15, 0.2) is 11.6 Å². The standard InChI is InChI=1S/C24H13FN4/c25-23-19(14-26)11-18(12-20(23)15-27)24-28-21(16-7-3-1-4-8-16)13-22(29-24)17-9-5-2-6-10-17/h1-13H. The van der Waals surface area contributed by atoms with Crippen molar-refractivity contribution in [2.24, 2.45) is 0 Å². The van der Waals surface area contributed by atoms with Gasteiger partial charge in [0.05, 0.1) is 22.5 Å². The summed E-state index contributed by atoms with van der Waals surface area (Å²) in [7, 11) is 0. The molecule has 0 saturated heterocycles. The van der Waals surface area contributed by atoms with Crippen molar-refractivity contribution in [1.82, 2.24) is 9.97 Å². The molecule has 4 nitrogen and oxygen atoms in total. The smallest absolute Gasteiger partial charge is 0.160 e. The van der Waals surface area contributed by atoms with Gasteiger partial charge in [-0.2, -0.15) is 10.5 Å². The predicted molar refractivity (Wildman–Crippen MR) is 108 cm³/mol. The van der Waals surface area contributed by atoms with Gasteiger partial charge in [-0.15, -0.1) is 0 Å². The molecular weight excluding hydrogens is 363 g/mol. The topological polar surface area (TPSA) is 73.4 Å². The lowest BCUT2D eigenvalue weighted by Gasteiger charge is -2.10. The van der Waals surface area contributed by atoms with E-state index in [4.69, 9.17) is 0 Å². The molecule has 5 heteroatoms. The highest BCUT2D eigenvalue weighted by Gasteiger charge is 2.15. The van der Waals surface area contributed by atoms with Gasteiger partial charge in [-0.05, 0) is 18.2 Å². The molecule has 0 fully saturated rings. The van der Waals surface area contributed by atoms with Crippen molar-refractivity contribution in [3.8, 4) is 46.0 Å². The molecule has 0 saturated carbocycles. The van der Waals surface area contributed by atoms with Crippen molar-refractivity contribution in [1.29, 1.82) is 10.5 Å². The third-order valence-electron chi connectivity index (χ3n) is 4.44. The van der Waals surface area contributed by atoms with E-state index in [1.165, 1.54) is 12.1 Å². The summed E-state index contributed by atoms with van der Waals surface area (Å²) in [6, 6.07) is 27.5. The van der Waals surface area contributed by atoms with Gasteiger partial charge in [0.1, 0.15) is 12.1 Å². The molecule has 29 heavy (non-hydrogen) atoms. The molecule has 0 spiro atoms. The Morgan fingerprint density at radius 3 is 1.48 bits per heavy atom. The molecule has 0 aliphatic heterocycles. The lowest BCUT2D eigenvalue weighted by molar-refractivity contribution is 0.620. The molecule has 0 aliphatic rings. The molecule has 0 aliphatic carbocycles. The first-order chi connectivity index (χ1) is 14.2. The maximum Gasteiger partial charge on any atom is 0.160 e. The van der Waals surface area contributed by atoms with Crippen molar-refractivity contribution in [2.45, 2.75) is 0 Å². The Hall–Kier alpha value is -4.35. The van der Waals surface area contributed by atoms with Gasteiger partial charge in [0.2, 0.25) is 0 Å². The Balaban J connectivity index is 1.97. The first-order valence-electron chi connectivity index (χ1n) is 8.83. The Bertz CT molecular complexity index is 1180. The molecule has 3 aromatic carbocycles. The van der Waals surface area contributed by atoms with E-state index in [2.05, 4.69) is 9.97 Å². The predicted octanol–water partition coefficient (Wildman–Crippen LogP) is 5.36. The number of rotatable bonds is 3. The Kier molecular flexibility index (Phi) is 4.80. The highest BCUT2D eigenvalue weighted by molar-refractivity contribution is 5.72. The van der Waals surface area contributed by atoms with Crippen molar-refractivity contribution >= 4 is 0 Å². The van der Waals surface area contributed by atoms with Gasteiger partial charge >= 0.3 is 0 Å². The second kappa shape index (κ2) is 7.72. The number of nitrogens with zero attached hydrogens (tertiary/aromatic N) is 4. The van der Waals surface area contributed by atoms with Crippen LogP contribution in [0.2, 0.25) is 0 Å². The van der Waals surface area contributed by atoms with Crippen LogP contribution in [0.1, 0.15) is 11.1 Å². The largest absolute Gasteiger partial charge is 0.228 e. The van der Waals surface area contributed by atoms with E-state index in [0.29, 0.717) is 22.8 Å². The first kappa shape index (κ1) is 18.0. The molecule has 1 aromatic heterocycles. The van der Waals surface area contributed by atoms with Crippen molar-refractivity contribution in [2.75, 3.05) is 0 Å². The summed E-state index contributed by atoms with van der Waals surface area (Å²) in [5.41, 5.74) is 3.16. The van der Waals surface area contributed by atoms with Crippen LogP contribution in [0.3, 0.4) is 0 Å². The zero-order chi connectivity index (χ0) is 20.2. The Morgan fingerprint density at radius 1 is 0.621 bits per heavy atom. The zero-order valence-corrected chi connectivity index (χ0v) is 15.2.